The Morgan fingerprint density at radius 2 is 1.71 bits per heavy atom. The molecule has 2 aromatic rings. The standard InChI is InChI=1S/C34H50N6O5/c1-33(2,3)45-31(43)35-25-8-5-24(6-9-25)20-38-17-14-34(15-18-38)21-39(22-34)16-13-23-7-10-26-28(19-23)37(4)32(44)40(26)27-11-12-29(41)36-30(27)42/h7,10,19,24-25,27H,5-6,8-9,11-18,20-22H2,1-4H3,(H,35,43)(H,36,41,42)/t24-,25-,27?. The smallest absolute Gasteiger partial charge is 0.407 e. The summed E-state index contributed by atoms with van der Waals surface area (Å²) in [6.07, 6.45) is 8.13. The quantitative estimate of drug-likeness (QED) is 0.455. The number of fused-ring (bicyclic) bond motifs is 1. The van der Waals surface area contributed by atoms with Crippen LogP contribution in [0.4, 0.5) is 4.79 Å². The lowest BCUT2D eigenvalue weighted by Crippen LogP contribution is -2.60. The lowest BCUT2D eigenvalue weighted by Gasteiger charge is -2.54. The first-order chi connectivity index (χ1) is 21.4. The first kappa shape index (κ1) is 31.8. The highest BCUT2D eigenvalue weighted by molar-refractivity contribution is 6.00. The number of imide groups is 1. The van der Waals surface area contributed by atoms with Crippen LogP contribution in [0.3, 0.4) is 0 Å². The number of hydrogen-bond acceptors (Lipinski definition) is 7. The topological polar surface area (TPSA) is 118 Å². The van der Waals surface area contributed by atoms with E-state index in [2.05, 4.69) is 32.6 Å². The third-order valence-corrected chi connectivity index (χ3v) is 10.5. The zero-order valence-corrected chi connectivity index (χ0v) is 27.4. The minimum absolute atomic E-state index is 0.226. The summed E-state index contributed by atoms with van der Waals surface area (Å²) in [5.41, 5.74) is 2.51. The molecule has 3 aliphatic heterocycles. The number of carbonyl (C=O) groups excluding carboxylic acids is 3. The van der Waals surface area contributed by atoms with Crippen molar-refractivity contribution in [3.8, 4) is 0 Å². The van der Waals surface area contributed by atoms with Crippen LogP contribution in [0.1, 0.15) is 83.7 Å². The number of aromatic nitrogens is 2. The molecule has 1 saturated carbocycles. The van der Waals surface area contributed by atoms with E-state index >= 15 is 0 Å². The summed E-state index contributed by atoms with van der Waals surface area (Å²) in [5.74, 6) is 0.0285. The first-order valence-corrected chi connectivity index (χ1v) is 16.9. The Labute approximate surface area is 265 Å². The van der Waals surface area contributed by atoms with Gasteiger partial charge in [0.25, 0.3) is 0 Å². The number of ether oxygens (including phenoxy) is 1. The van der Waals surface area contributed by atoms with Crippen LogP contribution in [-0.2, 0) is 27.8 Å². The van der Waals surface area contributed by atoms with Crippen molar-refractivity contribution in [2.24, 2.45) is 18.4 Å². The fourth-order valence-electron chi connectivity index (χ4n) is 8.00. The van der Waals surface area contributed by atoms with E-state index in [1.807, 2.05) is 26.8 Å². The van der Waals surface area contributed by atoms with Crippen molar-refractivity contribution in [2.45, 2.75) is 96.2 Å². The van der Waals surface area contributed by atoms with Gasteiger partial charge >= 0.3 is 11.8 Å². The molecule has 11 nitrogen and oxygen atoms in total. The van der Waals surface area contributed by atoms with Gasteiger partial charge < -0.3 is 19.9 Å². The molecule has 0 radical (unpaired) electrons. The van der Waals surface area contributed by atoms with E-state index in [9.17, 15) is 19.2 Å². The largest absolute Gasteiger partial charge is 0.444 e. The molecule has 1 aliphatic carbocycles. The number of rotatable bonds is 7. The third kappa shape index (κ3) is 7.14. The maximum absolute atomic E-state index is 13.1. The van der Waals surface area contributed by atoms with E-state index < -0.39 is 17.6 Å². The van der Waals surface area contributed by atoms with Crippen molar-refractivity contribution in [3.63, 3.8) is 0 Å². The molecule has 4 heterocycles. The van der Waals surface area contributed by atoms with E-state index in [1.54, 1.807) is 16.2 Å². The second-order valence-corrected chi connectivity index (χ2v) is 15.1. The summed E-state index contributed by atoms with van der Waals surface area (Å²) < 4.78 is 8.58. The Morgan fingerprint density at radius 3 is 2.38 bits per heavy atom. The van der Waals surface area contributed by atoms with Crippen molar-refractivity contribution in [1.29, 1.82) is 0 Å². The van der Waals surface area contributed by atoms with E-state index in [-0.39, 0.29) is 30.2 Å². The molecular formula is C34H50N6O5. The number of hydrogen-bond donors (Lipinski definition) is 2. The average molecular weight is 623 g/mol. The number of benzene rings is 1. The second-order valence-electron chi connectivity index (χ2n) is 15.1. The highest BCUT2D eigenvalue weighted by atomic mass is 16.6. The van der Waals surface area contributed by atoms with Gasteiger partial charge in [-0.15, -0.1) is 0 Å². The fraction of sp³-hybridized carbons (Fsp3) is 0.706. The van der Waals surface area contributed by atoms with Crippen LogP contribution in [-0.4, -0.2) is 87.8 Å². The van der Waals surface area contributed by atoms with E-state index in [0.29, 0.717) is 17.8 Å². The molecule has 1 aromatic heterocycles. The lowest BCUT2D eigenvalue weighted by atomic mass is 9.71. The lowest BCUT2D eigenvalue weighted by molar-refractivity contribution is -0.135. The van der Waals surface area contributed by atoms with Crippen LogP contribution in [0.5, 0.6) is 0 Å². The Bertz CT molecular complexity index is 1480. The minimum atomic E-state index is -0.656. The molecule has 1 spiro atoms. The molecule has 0 bridgehead atoms. The van der Waals surface area contributed by atoms with E-state index in [1.165, 1.54) is 38.0 Å². The number of alkyl carbamates (subject to hydrolysis) is 1. The zero-order valence-electron chi connectivity index (χ0n) is 27.4. The molecule has 3 saturated heterocycles. The van der Waals surface area contributed by atoms with Gasteiger partial charge in [-0.05, 0) is 114 Å². The molecule has 3 amide bonds. The van der Waals surface area contributed by atoms with E-state index in [4.69, 9.17) is 4.74 Å². The average Bonchev–Trinajstić information content (AvgIpc) is 3.20. The molecule has 6 rings (SSSR count). The van der Waals surface area contributed by atoms with Crippen LogP contribution >= 0.6 is 0 Å². The van der Waals surface area contributed by atoms with Gasteiger partial charge in [0.2, 0.25) is 11.8 Å². The molecule has 1 atom stereocenters. The highest BCUT2D eigenvalue weighted by Gasteiger charge is 2.44. The van der Waals surface area contributed by atoms with Gasteiger partial charge in [-0.3, -0.25) is 24.0 Å². The molecule has 1 aromatic carbocycles. The zero-order chi connectivity index (χ0) is 31.9. The van der Waals surface area contributed by atoms with Crippen LogP contribution in [0.15, 0.2) is 23.0 Å². The Balaban J connectivity index is 0.930. The summed E-state index contributed by atoms with van der Waals surface area (Å²) in [7, 11) is 1.75. The second kappa shape index (κ2) is 12.5. The maximum Gasteiger partial charge on any atom is 0.407 e. The van der Waals surface area contributed by atoms with Gasteiger partial charge in [-0.1, -0.05) is 6.07 Å². The molecule has 45 heavy (non-hydrogen) atoms. The van der Waals surface area contributed by atoms with Gasteiger partial charge in [-0.2, -0.15) is 0 Å². The fourth-order valence-corrected chi connectivity index (χ4v) is 8.00. The summed E-state index contributed by atoms with van der Waals surface area (Å²) in [4.78, 5) is 54.5. The van der Waals surface area contributed by atoms with Gasteiger partial charge in [-0.25, -0.2) is 9.59 Å². The Morgan fingerprint density at radius 1 is 1.00 bits per heavy atom. The number of carbonyl (C=O) groups is 3. The molecule has 246 valence electrons. The van der Waals surface area contributed by atoms with Crippen LogP contribution < -0.4 is 16.3 Å². The van der Waals surface area contributed by atoms with Crippen molar-refractivity contribution in [1.82, 2.24) is 29.6 Å². The molecule has 4 aliphatic rings. The predicted octanol–water partition coefficient (Wildman–Crippen LogP) is 3.34. The summed E-state index contributed by atoms with van der Waals surface area (Å²) in [6, 6.07) is 5.67. The van der Waals surface area contributed by atoms with Crippen molar-refractivity contribution < 1.29 is 19.1 Å². The number of imidazole rings is 1. The summed E-state index contributed by atoms with van der Waals surface area (Å²) >= 11 is 0. The van der Waals surface area contributed by atoms with Crippen molar-refractivity contribution in [3.05, 3.63) is 34.2 Å². The van der Waals surface area contributed by atoms with Crippen molar-refractivity contribution in [2.75, 3.05) is 39.3 Å². The molecule has 2 N–H and O–H groups in total. The van der Waals surface area contributed by atoms with Crippen LogP contribution in [0.25, 0.3) is 11.0 Å². The Hall–Kier alpha value is -3.18. The van der Waals surface area contributed by atoms with E-state index in [0.717, 1.165) is 62.8 Å². The van der Waals surface area contributed by atoms with Gasteiger partial charge in [0, 0.05) is 45.7 Å². The van der Waals surface area contributed by atoms with Crippen LogP contribution in [0, 0.1) is 11.3 Å². The Kier molecular flexibility index (Phi) is 8.86. The summed E-state index contributed by atoms with van der Waals surface area (Å²) in [5, 5.41) is 5.43. The van der Waals surface area contributed by atoms with Crippen molar-refractivity contribution >= 4 is 28.9 Å². The maximum atomic E-state index is 13.1. The number of nitrogens with one attached hydrogen (secondary N) is 2. The molecule has 1 unspecified atom stereocenters. The third-order valence-electron chi connectivity index (χ3n) is 10.5. The summed E-state index contributed by atoms with van der Waals surface area (Å²) in [6.45, 7) is 12.5. The molecule has 4 fully saturated rings. The van der Waals surface area contributed by atoms with Gasteiger partial charge in [0.05, 0.1) is 11.0 Å². The normalized spacial score (nSPS) is 26.1. The SMILES string of the molecule is Cn1c(=O)n(C2CCC(=O)NC2=O)c2ccc(CCN3CC4(CCN(C[C@H]5CC[C@H](NC(=O)OC(C)(C)C)CC5)CC4)C3)cc21. The van der Waals surface area contributed by atoms with Gasteiger partial charge in [0.1, 0.15) is 11.6 Å². The van der Waals surface area contributed by atoms with Gasteiger partial charge in [0.15, 0.2) is 0 Å². The number of nitrogens with zero attached hydrogens (tertiary/aromatic N) is 4. The number of likely N-dealkylation sites (tertiary alicyclic amines) is 2. The minimum Gasteiger partial charge on any atom is -0.444 e. The monoisotopic (exact) mass is 622 g/mol. The molecular weight excluding hydrogens is 572 g/mol. The number of aryl methyl sites for hydroxylation is 1. The van der Waals surface area contributed by atoms with Crippen LogP contribution in [0.2, 0.25) is 0 Å². The molecule has 11 heteroatoms. The number of amides is 3. The first-order valence-electron chi connectivity index (χ1n) is 16.9. The number of piperidine rings is 2. The predicted molar refractivity (Wildman–Crippen MR) is 172 cm³/mol. The highest BCUT2D eigenvalue weighted by Crippen LogP contribution is 2.41.